The minimum absolute atomic E-state index is 0.274. The van der Waals surface area contributed by atoms with E-state index in [2.05, 4.69) is 4.98 Å². The maximum atomic E-state index is 5.71. The number of hydrogen-bond acceptors (Lipinski definition) is 3. The van der Waals surface area contributed by atoms with E-state index >= 15 is 0 Å². The molecular formula is C12H12N2O2. The number of aromatic nitrogens is 2. The molecule has 4 heteroatoms. The van der Waals surface area contributed by atoms with Crippen LogP contribution < -0.4 is 4.74 Å². The molecule has 1 aliphatic rings. The third kappa shape index (κ3) is 1.92. The third-order valence-electron chi connectivity index (χ3n) is 2.47. The minimum Gasteiger partial charge on any atom is -0.489 e. The van der Waals surface area contributed by atoms with Crippen LogP contribution in [-0.4, -0.2) is 28.9 Å². The van der Waals surface area contributed by atoms with Gasteiger partial charge in [0, 0.05) is 12.4 Å². The van der Waals surface area contributed by atoms with Crippen molar-refractivity contribution >= 4 is 0 Å². The average Bonchev–Trinajstić information content (AvgIpc) is 3.00. The topological polar surface area (TPSA) is 39.6 Å². The van der Waals surface area contributed by atoms with Gasteiger partial charge in [0.15, 0.2) is 0 Å². The van der Waals surface area contributed by atoms with Crippen LogP contribution in [0.4, 0.5) is 0 Å². The fourth-order valence-corrected chi connectivity index (χ4v) is 1.54. The van der Waals surface area contributed by atoms with E-state index < -0.39 is 0 Å². The van der Waals surface area contributed by atoms with E-state index in [1.54, 1.807) is 12.5 Å². The van der Waals surface area contributed by atoms with Crippen molar-refractivity contribution in [1.82, 2.24) is 9.55 Å². The maximum Gasteiger partial charge on any atom is 0.143 e. The Bertz CT molecular complexity index is 464. The first kappa shape index (κ1) is 9.42. The van der Waals surface area contributed by atoms with Crippen LogP contribution in [-0.2, 0) is 4.74 Å². The van der Waals surface area contributed by atoms with Crippen molar-refractivity contribution in [3.05, 3.63) is 43.0 Å². The van der Waals surface area contributed by atoms with Gasteiger partial charge >= 0.3 is 0 Å². The molecule has 1 aromatic heterocycles. The highest BCUT2D eigenvalue weighted by atomic mass is 16.6. The lowest BCUT2D eigenvalue weighted by Gasteiger charge is -2.10. The van der Waals surface area contributed by atoms with E-state index in [-0.39, 0.29) is 6.10 Å². The molecule has 1 unspecified atom stereocenters. The second kappa shape index (κ2) is 3.98. The van der Waals surface area contributed by atoms with Crippen LogP contribution in [0.25, 0.3) is 5.69 Å². The van der Waals surface area contributed by atoms with Crippen LogP contribution in [0.15, 0.2) is 43.0 Å². The fourth-order valence-electron chi connectivity index (χ4n) is 1.54. The number of rotatable bonds is 4. The number of imidazole rings is 1. The molecule has 0 radical (unpaired) electrons. The summed E-state index contributed by atoms with van der Waals surface area (Å²) in [7, 11) is 0. The van der Waals surface area contributed by atoms with Gasteiger partial charge in [-0.25, -0.2) is 4.98 Å². The Morgan fingerprint density at radius 3 is 3.06 bits per heavy atom. The lowest BCUT2D eigenvalue weighted by Crippen LogP contribution is -2.06. The molecule has 1 aromatic carbocycles. The predicted molar refractivity (Wildman–Crippen MR) is 58.8 cm³/mol. The number of epoxide rings is 1. The van der Waals surface area contributed by atoms with Gasteiger partial charge in [-0.1, -0.05) is 12.1 Å². The van der Waals surface area contributed by atoms with Gasteiger partial charge in [-0.05, 0) is 12.1 Å². The van der Waals surface area contributed by atoms with Crippen molar-refractivity contribution in [2.24, 2.45) is 0 Å². The standard InChI is InChI=1S/C12H12N2O2/c1-2-4-12(16-8-10-7-15-10)11(3-1)14-6-5-13-9-14/h1-6,9-10H,7-8H2. The highest BCUT2D eigenvalue weighted by Gasteiger charge is 2.23. The van der Waals surface area contributed by atoms with Crippen molar-refractivity contribution in [2.75, 3.05) is 13.2 Å². The van der Waals surface area contributed by atoms with E-state index in [1.165, 1.54) is 0 Å². The normalized spacial score (nSPS) is 18.4. The van der Waals surface area contributed by atoms with E-state index in [1.807, 2.05) is 35.0 Å². The van der Waals surface area contributed by atoms with Gasteiger partial charge in [-0.3, -0.25) is 0 Å². The average molecular weight is 216 g/mol. The summed E-state index contributed by atoms with van der Waals surface area (Å²) in [6.07, 6.45) is 5.68. The minimum atomic E-state index is 0.274. The summed E-state index contributed by atoms with van der Waals surface area (Å²) in [6, 6.07) is 7.90. The monoisotopic (exact) mass is 216 g/mol. The van der Waals surface area contributed by atoms with Gasteiger partial charge in [-0.2, -0.15) is 0 Å². The predicted octanol–water partition coefficient (Wildman–Crippen LogP) is 1.65. The van der Waals surface area contributed by atoms with Crippen LogP contribution in [0.1, 0.15) is 0 Å². The molecule has 4 nitrogen and oxygen atoms in total. The zero-order valence-electron chi connectivity index (χ0n) is 8.74. The molecule has 82 valence electrons. The van der Waals surface area contributed by atoms with Crippen molar-refractivity contribution in [2.45, 2.75) is 6.10 Å². The molecule has 0 aliphatic carbocycles. The van der Waals surface area contributed by atoms with Crippen molar-refractivity contribution < 1.29 is 9.47 Å². The van der Waals surface area contributed by atoms with Crippen molar-refractivity contribution in [3.8, 4) is 11.4 Å². The molecule has 2 heterocycles. The lowest BCUT2D eigenvalue weighted by atomic mass is 10.3. The third-order valence-corrected chi connectivity index (χ3v) is 2.47. The number of benzene rings is 1. The molecule has 0 bridgehead atoms. The van der Waals surface area contributed by atoms with Gasteiger partial charge in [0.2, 0.25) is 0 Å². The van der Waals surface area contributed by atoms with E-state index in [9.17, 15) is 0 Å². The van der Waals surface area contributed by atoms with Gasteiger partial charge < -0.3 is 14.0 Å². The van der Waals surface area contributed by atoms with Crippen molar-refractivity contribution in [1.29, 1.82) is 0 Å². The Balaban J connectivity index is 1.85. The summed E-state index contributed by atoms with van der Waals surface area (Å²) in [5.74, 6) is 0.857. The van der Waals surface area contributed by atoms with E-state index in [0.29, 0.717) is 6.61 Å². The summed E-state index contributed by atoms with van der Waals surface area (Å²) in [4.78, 5) is 4.03. The Morgan fingerprint density at radius 1 is 1.44 bits per heavy atom. The number of para-hydroxylation sites is 2. The number of ether oxygens (including phenoxy) is 2. The second-order valence-corrected chi connectivity index (χ2v) is 3.70. The Hall–Kier alpha value is -1.81. The summed E-state index contributed by atoms with van der Waals surface area (Å²) in [6.45, 7) is 1.43. The number of hydrogen-bond donors (Lipinski definition) is 0. The summed E-state index contributed by atoms with van der Waals surface area (Å²) in [5, 5.41) is 0. The lowest BCUT2D eigenvalue weighted by molar-refractivity contribution is 0.262. The zero-order valence-corrected chi connectivity index (χ0v) is 8.74. The fraction of sp³-hybridized carbons (Fsp3) is 0.250. The smallest absolute Gasteiger partial charge is 0.143 e. The first-order valence-corrected chi connectivity index (χ1v) is 5.25. The van der Waals surface area contributed by atoms with Gasteiger partial charge in [0.1, 0.15) is 18.5 Å². The molecule has 0 spiro atoms. The van der Waals surface area contributed by atoms with Gasteiger partial charge in [-0.15, -0.1) is 0 Å². The molecule has 16 heavy (non-hydrogen) atoms. The molecular weight excluding hydrogens is 204 g/mol. The molecule has 0 saturated carbocycles. The quantitative estimate of drug-likeness (QED) is 0.729. The van der Waals surface area contributed by atoms with E-state index in [4.69, 9.17) is 9.47 Å². The van der Waals surface area contributed by atoms with Crippen LogP contribution in [0.2, 0.25) is 0 Å². The number of nitrogens with zero attached hydrogens (tertiary/aromatic N) is 2. The highest BCUT2D eigenvalue weighted by Crippen LogP contribution is 2.23. The second-order valence-electron chi connectivity index (χ2n) is 3.70. The Kier molecular flexibility index (Phi) is 2.34. The molecule has 1 saturated heterocycles. The largest absolute Gasteiger partial charge is 0.489 e. The first-order valence-electron chi connectivity index (χ1n) is 5.25. The molecule has 1 atom stereocenters. The molecule has 0 amide bonds. The van der Waals surface area contributed by atoms with Crippen LogP contribution in [0.3, 0.4) is 0 Å². The van der Waals surface area contributed by atoms with Gasteiger partial charge in [0.05, 0.1) is 18.6 Å². The highest BCUT2D eigenvalue weighted by molar-refractivity contribution is 5.46. The zero-order chi connectivity index (χ0) is 10.8. The van der Waals surface area contributed by atoms with Crippen LogP contribution >= 0.6 is 0 Å². The van der Waals surface area contributed by atoms with Crippen LogP contribution in [0.5, 0.6) is 5.75 Å². The molecule has 3 rings (SSSR count). The Labute approximate surface area is 93.4 Å². The van der Waals surface area contributed by atoms with Crippen molar-refractivity contribution in [3.63, 3.8) is 0 Å². The summed E-state index contributed by atoms with van der Waals surface area (Å²) in [5.41, 5.74) is 1.00. The van der Waals surface area contributed by atoms with Gasteiger partial charge in [0.25, 0.3) is 0 Å². The maximum absolute atomic E-state index is 5.71. The summed E-state index contributed by atoms with van der Waals surface area (Å²) >= 11 is 0. The SMILES string of the molecule is c1ccc(-n2ccnc2)c(OCC2CO2)c1. The molecule has 1 aliphatic heterocycles. The molecule has 0 N–H and O–H groups in total. The molecule has 1 fully saturated rings. The van der Waals surface area contributed by atoms with E-state index in [0.717, 1.165) is 18.0 Å². The summed E-state index contributed by atoms with van der Waals surface area (Å²) < 4.78 is 12.8. The first-order chi connectivity index (χ1) is 7.93. The molecule has 2 aromatic rings. The Morgan fingerprint density at radius 2 is 2.31 bits per heavy atom. The van der Waals surface area contributed by atoms with Crippen LogP contribution in [0, 0.1) is 0 Å².